The van der Waals surface area contributed by atoms with Gasteiger partial charge in [0.25, 0.3) is 0 Å². The van der Waals surface area contributed by atoms with Gasteiger partial charge in [-0.3, -0.25) is 9.59 Å². The van der Waals surface area contributed by atoms with Gasteiger partial charge in [0, 0.05) is 17.8 Å². The van der Waals surface area contributed by atoms with E-state index in [0.717, 1.165) is 4.88 Å². The first kappa shape index (κ1) is 20.0. The first-order chi connectivity index (χ1) is 10.7. The van der Waals surface area contributed by atoms with Gasteiger partial charge in [0.05, 0.1) is 10.9 Å². The van der Waals surface area contributed by atoms with Gasteiger partial charge in [0.2, 0.25) is 11.8 Å². The third kappa shape index (κ3) is 6.51. The van der Waals surface area contributed by atoms with Crippen LogP contribution >= 0.6 is 22.9 Å². The Morgan fingerprint density at radius 1 is 1.26 bits per heavy atom. The smallest absolute Gasteiger partial charge is 0.245 e. The lowest BCUT2D eigenvalue weighted by molar-refractivity contribution is -0.138. The van der Waals surface area contributed by atoms with Crippen LogP contribution < -0.4 is 5.32 Å². The molecule has 0 aliphatic carbocycles. The lowest BCUT2D eigenvalue weighted by atomic mass is 10.0. The molecular weight excluding hydrogens is 332 g/mol. The highest BCUT2D eigenvalue weighted by Crippen LogP contribution is 2.23. The molecule has 0 radical (unpaired) electrons. The zero-order valence-electron chi connectivity index (χ0n) is 14.6. The highest BCUT2D eigenvalue weighted by molar-refractivity contribution is 7.16. The van der Waals surface area contributed by atoms with Gasteiger partial charge >= 0.3 is 0 Å². The van der Waals surface area contributed by atoms with E-state index in [1.807, 2.05) is 46.8 Å². The van der Waals surface area contributed by atoms with Gasteiger partial charge in [0.1, 0.15) is 6.04 Å². The Kier molecular flexibility index (Phi) is 8.06. The standard InChI is InChI=1S/C17H27ClN2O2S/c1-6-20(10-13-7-8-14(18)23-13)17(22)16(12(4)5)19-15(21)9-11(2)3/h7-8,11-12,16H,6,9-10H2,1-5H3,(H,19,21). The molecule has 0 fully saturated rings. The van der Waals surface area contributed by atoms with Crippen molar-refractivity contribution in [1.29, 1.82) is 0 Å². The van der Waals surface area contributed by atoms with Crippen LogP contribution in [-0.4, -0.2) is 29.3 Å². The lowest BCUT2D eigenvalue weighted by Gasteiger charge is -2.29. The summed E-state index contributed by atoms with van der Waals surface area (Å²) >= 11 is 7.43. The van der Waals surface area contributed by atoms with Crippen molar-refractivity contribution >= 4 is 34.8 Å². The molecule has 130 valence electrons. The van der Waals surface area contributed by atoms with Crippen molar-refractivity contribution in [2.75, 3.05) is 6.54 Å². The second-order valence-electron chi connectivity index (χ2n) is 6.45. The first-order valence-electron chi connectivity index (χ1n) is 8.06. The Balaban J connectivity index is 2.78. The molecular formula is C17H27ClN2O2S. The predicted molar refractivity (Wildman–Crippen MR) is 96.6 cm³/mol. The average molecular weight is 359 g/mol. The van der Waals surface area contributed by atoms with Gasteiger partial charge in [-0.25, -0.2) is 0 Å². The van der Waals surface area contributed by atoms with E-state index in [-0.39, 0.29) is 23.7 Å². The Labute approximate surface area is 148 Å². The van der Waals surface area contributed by atoms with Gasteiger partial charge < -0.3 is 10.2 Å². The van der Waals surface area contributed by atoms with Crippen LogP contribution in [0.5, 0.6) is 0 Å². The molecule has 2 amide bonds. The number of thiophene rings is 1. The summed E-state index contributed by atoms with van der Waals surface area (Å²) in [4.78, 5) is 27.7. The Morgan fingerprint density at radius 2 is 1.91 bits per heavy atom. The maximum atomic E-state index is 12.8. The molecule has 6 heteroatoms. The first-order valence-corrected chi connectivity index (χ1v) is 9.26. The highest BCUT2D eigenvalue weighted by Gasteiger charge is 2.28. The molecule has 0 aliphatic heterocycles. The summed E-state index contributed by atoms with van der Waals surface area (Å²) in [6.07, 6.45) is 0.434. The molecule has 1 aromatic rings. The molecule has 4 nitrogen and oxygen atoms in total. The number of rotatable bonds is 8. The number of hydrogen-bond donors (Lipinski definition) is 1. The second-order valence-corrected chi connectivity index (χ2v) is 8.25. The highest BCUT2D eigenvalue weighted by atomic mass is 35.5. The lowest BCUT2D eigenvalue weighted by Crippen LogP contribution is -2.51. The van der Waals surface area contributed by atoms with Crippen LogP contribution in [0.3, 0.4) is 0 Å². The summed E-state index contributed by atoms with van der Waals surface area (Å²) in [5.41, 5.74) is 0. The van der Waals surface area contributed by atoms with Crippen LogP contribution in [0.2, 0.25) is 4.34 Å². The zero-order chi connectivity index (χ0) is 17.6. The molecule has 1 atom stereocenters. The topological polar surface area (TPSA) is 49.4 Å². The van der Waals surface area contributed by atoms with E-state index in [0.29, 0.717) is 23.8 Å². The molecule has 23 heavy (non-hydrogen) atoms. The molecule has 1 unspecified atom stereocenters. The van der Waals surface area contributed by atoms with Crippen LogP contribution in [0.1, 0.15) is 45.9 Å². The summed E-state index contributed by atoms with van der Waals surface area (Å²) < 4.78 is 0.717. The quantitative estimate of drug-likeness (QED) is 0.765. The molecule has 0 spiro atoms. The van der Waals surface area contributed by atoms with Crippen LogP contribution in [0.4, 0.5) is 0 Å². The van der Waals surface area contributed by atoms with Gasteiger partial charge in [0.15, 0.2) is 0 Å². The van der Waals surface area contributed by atoms with E-state index in [4.69, 9.17) is 11.6 Å². The molecule has 1 N–H and O–H groups in total. The number of likely N-dealkylation sites (N-methyl/N-ethyl adjacent to an activating group) is 1. The van der Waals surface area contributed by atoms with E-state index >= 15 is 0 Å². The fourth-order valence-corrected chi connectivity index (χ4v) is 3.39. The van der Waals surface area contributed by atoms with Crippen molar-refractivity contribution in [1.82, 2.24) is 10.2 Å². The van der Waals surface area contributed by atoms with Crippen molar-refractivity contribution in [3.05, 3.63) is 21.3 Å². The maximum Gasteiger partial charge on any atom is 0.245 e. The predicted octanol–water partition coefficient (Wildman–Crippen LogP) is 3.94. The fraction of sp³-hybridized carbons (Fsp3) is 0.647. The van der Waals surface area contributed by atoms with Crippen LogP contribution in [-0.2, 0) is 16.1 Å². The SMILES string of the molecule is CCN(Cc1ccc(Cl)s1)C(=O)C(NC(=O)CC(C)C)C(C)C. The zero-order valence-corrected chi connectivity index (χ0v) is 16.1. The summed E-state index contributed by atoms with van der Waals surface area (Å²) in [6, 6.07) is 3.28. The molecule has 0 aliphatic rings. The van der Waals surface area contributed by atoms with Gasteiger partial charge in [-0.1, -0.05) is 39.3 Å². The molecule has 0 bridgehead atoms. The summed E-state index contributed by atoms with van der Waals surface area (Å²) in [6.45, 7) is 10.9. The third-order valence-corrected chi connectivity index (χ3v) is 4.73. The number of halogens is 1. The fourth-order valence-electron chi connectivity index (χ4n) is 2.28. The van der Waals surface area contributed by atoms with Crippen molar-refractivity contribution in [3.63, 3.8) is 0 Å². The minimum Gasteiger partial charge on any atom is -0.344 e. The van der Waals surface area contributed by atoms with Gasteiger partial charge in [-0.2, -0.15) is 0 Å². The van der Waals surface area contributed by atoms with Crippen molar-refractivity contribution in [3.8, 4) is 0 Å². The average Bonchev–Trinajstić information content (AvgIpc) is 2.85. The third-order valence-electron chi connectivity index (χ3n) is 3.51. The largest absolute Gasteiger partial charge is 0.344 e. The minimum atomic E-state index is -0.489. The molecule has 1 heterocycles. The number of nitrogens with one attached hydrogen (secondary N) is 1. The monoisotopic (exact) mass is 358 g/mol. The number of nitrogens with zero attached hydrogens (tertiary/aromatic N) is 1. The van der Waals surface area contributed by atoms with E-state index < -0.39 is 6.04 Å². The molecule has 0 aromatic carbocycles. The van der Waals surface area contributed by atoms with Crippen LogP contribution in [0.15, 0.2) is 12.1 Å². The van der Waals surface area contributed by atoms with E-state index in [9.17, 15) is 9.59 Å². The normalized spacial score (nSPS) is 12.5. The second kappa shape index (κ2) is 9.28. The number of carbonyl (C=O) groups excluding carboxylic acids is 2. The molecule has 0 saturated carbocycles. The van der Waals surface area contributed by atoms with E-state index in [1.165, 1.54) is 11.3 Å². The van der Waals surface area contributed by atoms with Gasteiger partial charge in [-0.05, 0) is 30.9 Å². The number of amides is 2. The van der Waals surface area contributed by atoms with Crippen LogP contribution in [0.25, 0.3) is 0 Å². The Bertz CT molecular complexity index is 528. The van der Waals surface area contributed by atoms with Crippen molar-refractivity contribution < 1.29 is 9.59 Å². The van der Waals surface area contributed by atoms with E-state index in [1.54, 1.807) is 4.90 Å². The minimum absolute atomic E-state index is 0.0378. The Hall–Kier alpha value is -1.07. The van der Waals surface area contributed by atoms with Crippen molar-refractivity contribution in [2.24, 2.45) is 11.8 Å². The van der Waals surface area contributed by atoms with Crippen LogP contribution in [0, 0.1) is 11.8 Å². The van der Waals surface area contributed by atoms with E-state index in [2.05, 4.69) is 5.32 Å². The Morgan fingerprint density at radius 3 is 2.35 bits per heavy atom. The van der Waals surface area contributed by atoms with Crippen molar-refractivity contribution in [2.45, 2.75) is 53.6 Å². The molecule has 1 aromatic heterocycles. The summed E-state index contributed by atoms with van der Waals surface area (Å²) in [7, 11) is 0. The molecule has 1 rings (SSSR count). The summed E-state index contributed by atoms with van der Waals surface area (Å²) in [5.74, 6) is 0.208. The molecule has 0 saturated heterocycles. The number of hydrogen-bond acceptors (Lipinski definition) is 3. The summed E-state index contributed by atoms with van der Waals surface area (Å²) in [5, 5.41) is 2.90. The number of carbonyl (C=O) groups is 2. The van der Waals surface area contributed by atoms with Gasteiger partial charge in [-0.15, -0.1) is 11.3 Å². The maximum absolute atomic E-state index is 12.8.